The van der Waals surface area contributed by atoms with Crippen molar-refractivity contribution in [2.45, 2.75) is 6.92 Å². The number of anilines is 1. The lowest BCUT2D eigenvalue weighted by Gasteiger charge is -1.98. The highest BCUT2D eigenvalue weighted by Gasteiger charge is 2.00. The molecule has 0 atom stereocenters. The molecule has 0 saturated heterocycles. The molecule has 0 radical (unpaired) electrons. The van der Waals surface area contributed by atoms with Crippen molar-refractivity contribution in [3.8, 4) is 0 Å². The minimum Gasteiger partial charge on any atom is -0.382 e. The summed E-state index contributed by atoms with van der Waals surface area (Å²) < 4.78 is 0. The Morgan fingerprint density at radius 2 is 2.30 bits per heavy atom. The summed E-state index contributed by atoms with van der Waals surface area (Å²) in [6.45, 7) is 5.15. The van der Waals surface area contributed by atoms with E-state index in [2.05, 4.69) is 21.7 Å². The van der Waals surface area contributed by atoms with Crippen LogP contribution in [0.5, 0.6) is 0 Å². The molecule has 0 fully saturated rings. The first-order chi connectivity index (χ1) is 4.75. The number of nitrogens with two attached hydrogens (primary N) is 1. The van der Waals surface area contributed by atoms with E-state index in [0.29, 0.717) is 11.5 Å². The zero-order valence-corrected chi connectivity index (χ0v) is 5.70. The molecule has 0 spiro atoms. The molecule has 0 aromatic carbocycles. The van der Waals surface area contributed by atoms with Gasteiger partial charge in [0.2, 0.25) is 0 Å². The van der Waals surface area contributed by atoms with Gasteiger partial charge < -0.3 is 5.73 Å². The topological polar surface area (TPSA) is 64.2 Å². The van der Waals surface area contributed by atoms with Crippen LogP contribution in [0.2, 0.25) is 0 Å². The second-order valence-corrected chi connectivity index (χ2v) is 1.85. The van der Waals surface area contributed by atoms with Gasteiger partial charge in [0.05, 0.1) is 5.69 Å². The predicted molar refractivity (Wildman–Crippen MR) is 40.4 cm³/mol. The highest BCUT2D eigenvalue weighted by Crippen LogP contribution is 2.20. The third-order valence-corrected chi connectivity index (χ3v) is 1.19. The monoisotopic (exact) mass is 136 g/mol. The third-order valence-electron chi connectivity index (χ3n) is 1.19. The number of nitrogen functional groups attached to an aromatic ring is 1. The normalized spacial score (nSPS) is 9.30. The third kappa shape index (κ3) is 0.953. The maximum absolute atomic E-state index is 5.45. The summed E-state index contributed by atoms with van der Waals surface area (Å²) in [5, 5.41) is 0. The van der Waals surface area contributed by atoms with E-state index in [-0.39, 0.29) is 0 Å². The van der Waals surface area contributed by atoms with Crippen LogP contribution in [0, 0.1) is 6.92 Å². The molecular formula is C6H8N4. The highest BCUT2D eigenvalue weighted by atomic mass is 15.0. The van der Waals surface area contributed by atoms with Gasteiger partial charge in [-0.3, -0.25) is 4.99 Å². The van der Waals surface area contributed by atoms with Gasteiger partial charge in [0.15, 0.2) is 5.82 Å². The molecule has 0 bridgehead atoms. The Bertz CT molecular complexity index is 236. The maximum Gasteiger partial charge on any atom is 0.153 e. The highest BCUT2D eigenvalue weighted by molar-refractivity contribution is 5.62. The first kappa shape index (κ1) is 6.67. The van der Waals surface area contributed by atoms with Crippen molar-refractivity contribution in [1.29, 1.82) is 0 Å². The maximum atomic E-state index is 5.45. The van der Waals surface area contributed by atoms with E-state index in [1.807, 2.05) is 6.92 Å². The molecule has 52 valence electrons. The Hall–Kier alpha value is -1.45. The van der Waals surface area contributed by atoms with Crippen molar-refractivity contribution in [2.75, 3.05) is 5.73 Å². The van der Waals surface area contributed by atoms with Crippen molar-refractivity contribution < 1.29 is 0 Å². The van der Waals surface area contributed by atoms with E-state index < -0.39 is 0 Å². The average Bonchev–Trinajstić information content (AvgIpc) is 1.88. The minimum atomic E-state index is 0.377. The second kappa shape index (κ2) is 2.43. The number of nitrogens with zero attached hydrogens (tertiary/aromatic N) is 3. The summed E-state index contributed by atoms with van der Waals surface area (Å²) in [5.41, 5.74) is 6.77. The second-order valence-electron chi connectivity index (χ2n) is 1.85. The van der Waals surface area contributed by atoms with Crippen molar-refractivity contribution >= 4 is 18.2 Å². The molecule has 2 N–H and O–H groups in total. The summed E-state index contributed by atoms with van der Waals surface area (Å²) in [6, 6.07) is 0. The minimum absolute atomic E-state index is 0.377. The number of aliphatic imine (C=N–C) groups is 1. The smallest absolute Gasteiger partial charge is 0.153 e. The Morgan fingerprint density at radius 3 is 2.70 bits per heavy atom. The van der Waals surface area contributed by atoms with Crippen LogP contribution in [0.4, 0.5) is 11.5 Å². The largest absolute Gasteiger partial charge is 0.382 e. The summed E-state index contributed by atoms with van der Waals surface area (Å²) in [5.74, 6) is 0.377. The molecule has 1 aromatic rings. The van der Waals surface area contributed by atoms with Gasteiger partial charge in [0.1, 0.15) is 12.0 Å². The Balaban J connectivity index is 3.30. The fourth-order valence-corrected chi connectivity index (χ4v) is 0.681. The van der Waals surface area contributed by atoms with Crippen LogP contribution in [0.15, 0.2) is 11.3 Å². The van der Waals surface area contributed by atoms with Gasteiger partial charge in [-0.25, -0.2) is 9.97 Å². The van der Waals surface area contributed by atoms with Gasteiger partial charge in [0.25, 0.3) is 0 Å². The predicted octanol–water partition coefficient (Wildman–Crippen LogP) is 0.699. The summed E-state index contributed by atoms with van der Waals surface area (Å²) in [4.78, 5) is 11.3. The van der Waals surface area contributed by atoms with Crippen LogP contribution in [0.25, 0.3) is 0 Å². The molecule has 0 unspecified atom stereocenters. The Morgan fingerprint density at radius 1 is 1.60 bits per heavy atom. The van der Waals surface area contributed by atoms with Crippen molar-refractivity contribution in [3.05, 3.63) is 12.0 Å². The molecule has 0 aliphatic heterocycles. The van der Waals surface area contributed by atoms with Crippen molar-refractivity contribution in [2.24, 2.45) is 4.99 Å². The molecule has 0 saturated carbocycles. The van der Waals surface area contributed by atoms with Crippen LogP contribution in [0.3, 0.4) is 0 Å². The zero-order valence-electron chi connectivity index (χ0n) is 5.70. The Labute approximate surface area is 58.8 Å². The average molecular weight is 136 g/mol. The van der Waals surface area contributed by atoms with Crippen LogP contribution in [-0.2, 0) is 0 Å². The molecule has 0 aliphatic carbocycles. The Kier molecular flexibility index (Phi) is 1.62. The number of hydrogen-bond donors (Lipinski definition) is 1. The van der Waals surface area contributed by atoms with Crippen molar-refractivity contribution in [3.63, 3.8) is 0 Å². The molecule has 1 rings (SSSR count). The summed E-state index contributed by atoms with van der Waals surface area (Å²) in [7, 11) is 0. The van der Waals surface area contributed by atoms with Gasteiger partial charge >= 0.3 is 0 Å². The number of aromatic nitrogens is 2. The molecule has 4 nitrogen and oxygen atoms in total. The van der Waals surface area contributed by atoms with Crippen molar-refractivity contribution in [1.82, 2.24) is 9.97 Å². The van der Waals surface area contributed by atoms with Gasteiger partial charge in [0, 0.05) is 0 Å². The number of hydrogen-bond acceptors (Lipinski definition) is 4. The van der Waals surface area contributed by atoms with E-state index >= 15 is 0 Å². The molecular weight excluding hydrogens is 128 g/mol. The molecule has 10 heavy (non-hydrogen) atoms. The van der Waals surface area contributed by atoms with Gasteiger partial charge in [-0.2, -0.15) is 0 Å². The lowest BCUT2D eigenvalue weighted by molar-refractivity contribution is 1.10. The summed E-state index contributed by atoms with van der Waals surface area (Å²) >= 11 is 0. The summed E-state index contributed by atoms with van der Waals surface area (Å²) in [6.07, 6.45) is 1.40. The quantitative estimate of drug-likeness (QED) is 0.578. The van der Waals surface area contributed by atoms with Crippen LogP contribution >= 0.6 is 0 Å². The van der Waals surface area contributed by atoms with Crippen LogP contribution in [0.1, 0.15) is 5.69 Å². The number of aryl methyl sites for hydroxylation is 1. The fourth-order valence-electron chi connectivity index (χ4n) is 0.681. The molecule has 0 amide bonds. The lowest BCUT2D eigenvalue weighted by Crippen LogP contribution is -1.93. The molecule has 1 heterocycles. The molecule has 4 heteroatoms. The standard InChI is InChI=1S/C6H8N4/c1-4-5(8-2)6(7)10-3-9-4/h3H,2H2,1H3,(H2,7,9,10). The van der Waals surface area contributed by atoms with E-state index in [9.17, 15) is 0 Å². The lowest BCUT2D eigenvalue weighted by atomic mass is 10.3. The van der Waals surface area contributed by atoms with Gasteiger partial charge in [-0.1, -0.05) is 0 Å². The van der Waals surface area contributed by atoms with Gasteiger partial charge in [-0.05, 0) is 13.6 Å². The van der Waals surface area contributed by atoms with Crippen LogP contribution < -0.4 is 5.73 Å². The van der Waals surface area contributed by atoms with Crippen LogP contribution in [-0.4, -0.2) is 16.7 Å². The molecule has 0 aliphatic rings. The SMILES string of the molecule is C=Nc1c(C)ncnc1N. The van der Waals surface area contributed by atoms with E-state index in [4.69, 9.17) is 5.73 Å². The number of rotatable bonds is 1. The fraction of sp³-hybridized carbons (Fsp3) is 0.167. The first-order valence-corrected chi connectivity index (χ1v) is 2.79. The molecule has 1 aromatic heterocycles. The zero-order chi connectivity index (χ0) is 7.56. The van der Waals surface area contributed by atoms with E-state index in [0.717, 1.165) is 5.69 Å². The van der Waals surface area contributed by atoms with E-state index in [1.165, 1.54) is 6.33 Å². The van der Waals surface area contributed by atoms with E-state index in [1.54, 1.807) is 0 Å². The first-order valence-electron chi connectivity index (χ1n) is 2.79. The van der Waals surface area contributed by atoms with Gasteiger partial charge in [-0.15, -0.1) is 0 Å².